The molecule has 0 aliphatic heterocycles. The lowest BCUT2D eigenvalue weighted by molar-refractivity contribution is -0.708. The second-order valence-corrected chi connectivity index (χ2v) is 34.5. The number of hydrogen-bond acceptors (Lipinski definition) is 12. The minimum atomic E-state index is -1.02. The van der Waals surface area contributed by atoms with Crippen LogP contribution in [0.5, 0.6) is 0 Å². The maximum absolute atomic E-state index is 10.6. The first kappa shape index (κ1) is 131. The predicted molar refractivity (Wildman–Crippen MR) is 536 cm³/mol. The molecule has 704 valence electrons. The molecule has 8 N–H and O–H groups in total. The molecule has 4 aromatic heterocycles. The Bertz CT molecular complexity index is 3650. The Balaban J connectivity index is -0.000000396. The van der Waals surface area contributed by atoms with Crippen LogP contribution in [0.1, 0.15) is 347 Å². The molecule has 0 bridgehead atoms. The summed E-state index contributed by atoms with van der Waals surface area (Å²) in [4.78, 5) is 0. The minimum absolute atomic E-state index is 0. The molecule has 0 saturated heterocycles. The summed E-state index contributed by atoms with van der Waals surface area (Å²) in [5.74, 6) is 1.72. The van der Waals surface area contributed by atoms with Gasteiger partial charge >= 0.3 is 0 Å². The van der Waals surface area contributed by atoms with E-state index in [1.165, 1.54) is 44.5 Å². The Labute approximate surface area is 761 Å². The molecule has 0 saturated carbocycles. The fourth-order valence-corrected chi connectivity index (χ4v) is 17.3. The third-order valence-electron chi connectivity index (χ3n) is 21.3. The highest BCUT2D eigenvalue weighted by Crippen LogP contribution is 2.37. The summed E-state index contributed by atoms with van der Waals surface area (Å²) < 4.78 is 30.1. The molecular formula is C103H184N4O12P4+4. The van der Waals surface area contributed by atoms with Crippen molar-refractivity contribution < 1.29 is 77.2 Å². The maximum atomic E-state index is 10.6. The Morgan fingerprint density at radius 3 is 0.902 bits per heavy atom. The average Bonchev–Trinajstić information content (AvgIpc) is 0.869. The predicted octanol–water partition coefficient (Wildman–Crippen LogP) is 25.1. The lowest BCUT2D eigenvalue weighted by Crippen LogP contribution is -2.40. The van der Waals surface area contributed by atoms with E-state index in [4.69, 9.17) is 18.1 Å². The minimum Gasteiger partial charge on any atom is -0.393 e. The van der Waals surface area contributed by atoms with E-state index >= 15 is 0 Å². The Morgan fingerprint density at radius 1 is 0.276 bits per heavy atom. The molecule has 20 atom stereocenters. The summed E-state index contributed by atoms with van der Waals surface area (Å²) in [5.41, 5.74) is 10.7. The van der Waals surface area contributed by atoms with Crippen molar-refractivity contribution in [1.82, 2.24) is 0 Å². The summed E-state index contributed by atoms with van der Waals surface area (Å²) in [5, 5.41) is 83.7. The van der Waals surface area contributed by atoms with E-state index in [0.29, 0.717) is 112 Å². The van der Waals surface area contributed by atoms with Crippen molar-refractivity contribution in [3.8, 4) is 0 Å². The van der Waals surface area contributed by atoms with Crippen LogP contribution in [0.3, 0.4) is 0 Å². The fourth-order valence-electron chi connectivity index (χ4n) is 14.4. The van der Waals surface area contributed by atoms with Gasteiger partial charge < -0.3 is 58.9 Å². The number of aromatic nitrogens is 4. The van der Waals surface area contributed by atoms with E-state index in [0.717, 1.165) is 70.6 Å². The number of pyridine rings is 4. The summed E-state index contributed by atoms with van der Waals surface area (Å²) >= 11 is 0. The fraction of sp³-hybridized carbons (Fsp3) is 0.573. The number of rotatable bonds is 52. The van der Waals surface area contributed by atoms with Gasteiger partial charge in [0, 0.05) is 87.8 Å². The quantitative estimate of drug-likeness (QED) is 0.00774. The SMILES string of the molecule is C.C.C.C.C.C.C.C.C.C.C.C.C.CCC(CC(C)c1cc[n+](CC(O)OPC(O)CCCCCC(O)OPC(O)C[n+]2ccc(C(CC)CC(C)c3ccccc3)cc2)cc1)c1ccccc1.CCC(CC(C)c1cc[n+](CC(O)OPC(O)CCOPCCC(O)CC(O)C[n+]2ccc(C(CC)CC(C)c3ccccc3)cc2)cc1)c1ccccc1. The number of aliphatic hydroxyl groups excluding tert-OH is 8. The molecule has 20 heteroatoms. The summed E-state index contributed by atoms with van der Waals surface area (Å²) in [7, 11) is -0.498. The number of hydrogen-bond donors (Lipinski definition) is 8. The number of aliphatic hydroxyl groups is 8. The van der Waals surface area contributed by atoms with Gasteiger partial charge in [0.2, 0.25) is 12.6 Å². The lowest BCUT2D eigenvalue weighted by Gasteiger charge is -2.20. The molecular weight excluding hydrogens is 1610 g/mol. The van der Waals surface area contributed by atoms with Gasteiger partial charge in [-0.15, -0.1) is 0 Å². The van der Waals surface area contributed by atoms with Crippen LogP contribution in [0.2, 0.25) is 0 Å². The normalized spacial score (nSPS) is 14.8. The topological polar surface area (TPSA) is 214 Å². The maximum Gasteiger partial charge on any atom is 0.218 e. The van der Waals surface area contributed by atoms with E-state index in [1.54, 1.807) is 0 Å². The molecule has 0 aliphatic carbocycles. The van der Waals surface area contributed by atoms with Crippen LogP contribution < -0.4 is 18.3 Å². The van der Waals surface area contributed by atoms with Crippen molar-refractivity contribution in [3.63, 3.8) is 0 Å². The first-order valence-electron chi connectivity index (χ1n) is 40.5. The Morgan fingerprint density at radius 2 is 0.553 bits per heavy atom. The summed E-state index contributed by atoms with van der Waals surface area (Å²) in [6.07, 6.45) is 25.8. The molecule has 0 fully saturated rings. The van der Waals surface area contributed by atoms with E-state index in [2.05, 4.69) is 225 Å². The Kier molecular flexibility index (Phi) is 79.4. The second-order valence-electron chi connectivity index (χ2n) is 30.0. The van der Waals surface area contributed by atoms with Gasteiger partial charge in [-0.3, -0.25) is 0 Å². The van der Waals surface area contributed by atoms with Crippen molar-refractivity contribution in [2.75, 3.05) is 12.8 Å². The third-order valence-corrected chi connectivity index (χ3v) is 25.0. The first-order chi connectivity index (χ1) is 53.3. The summed E-state index contributed by atoms with van der Waals surface area (Å²) in [6, 6.07) is 59.8. The van der Waals surface area contributed by atoms with Crippen molar-refractivity contribution in [1.29, 1.82) is 0 Å². The molecule has 0 spiro atoms. The van der Waals surface area contributed by atoms with Gasteiger partial charge in [0.1, 0.15) is 6.10 Å². The van der Waals surface area contributed by atoms with Gasteiger partial charge in [-0.25, -0.2) is 9.13 Å². The van der Waals surface area contributed by atoms with Crippen LogP contribution >= 0.6 is 35.2 Å². The van der Waals surface area contributed by atoms with Gasteiger partial charge in [0.25, 0.3) is 0 Å². The van der Waals surface area contributed by atoms with Gasteiger partial charge in [-0.1, -0.05) is 286 Å². The smallest absolute Gasteiger partial charge is 0.218 e. The van der Waals surface area contributed by atoms with E-state index < -0.39 is 48.6 Å². The van der Waals surface area contributed by atoms with Crippen LogP contribution in [0.4, 0.5) is 0 Å². The number of nitrogens with zero attached hydrogens (tertiary/aromatic N) is 4. The number of benzene rings is 4. The van der Waals surface area contributed by atoms with E-state index in [1.807, 2.05) is 67.8 Å². The molecule has 4 aromatic carbocycles. The first-order valence-corrected chi connectivity index (χ1v) is 44.5. The van der Waals surface area contributed by atoms with Crippen molar-refractivity contribution in [2.24, 2.45) is 0 Å². The highest BCUT2D eigenvalue weighted by Gasteiger charge is 2.25. The largest absolute Gasteiger partial charge is 0.393 e. The van der Waals surface area contributed by atoms with Crippen LogP contribution in [0.15, 0.2) is 219 Å². The van der Waals surface area contributed by atoms with Crippen molar-refractivity contribution in [2.45, 2.75) is 377 Å². The van der Waals surface area contributed by atoms with E-state index in [-0.39, 0.29) is 138 Å². The zero-order valence-electron chi connectivity index (χ0n) is 66.6. The van der Waals surface area contributed by atoms with Gasteiger partial charge in [0.15, 0.2) is 87.9 Å². The van der Waals surface area contributed by atoms with Gasteiger partial charge in [0.05, 0.1) is 33.2 Å². The van der Waals surface area contributed by atoms with Crippen LogP contribution in [-0.2, 0) is 44.3 Å². The third kappa shape index (κ3) is 50.3. The van der Waals surface area contributed by atoms with Gasteiger partial charge in [-0.2, -0.15) is 9.13 Å². The zero-order chi connectivity index (χ0) is 78.8. The molecule has 16 nitrogen and oxygen atoms in total. The van der Waals surface area contributed by atoms with E-state index in [9.17, 15) is 40.9 Å². The average molecular weight is 1790 g/mol. The lowest BCUT2D eigenvalue weighted by atomic mass is 9.85. The monoisotopic (exact) mass is 1790 g/mol. The molecule has 0 aliphatic rings. The second kappa shape index (κ2) is 74.6. The summed E-state index contributed by atoms with van der Waals surface area (Å²) in [6.45, 7) is 19.9. The standard InChI is InChI=1S/2C45H66N2O6P2.13CH4/c1-5-36(40-18-12-8-13-19-40)31-35(4)39-22-26-46(27-23-39)32-43(49)53-54-44(50)21-15-9-14-20-42(48)52-55-45(51)33-47-28-24-41(25-29-47)37(6-2)30-34(3)38-16-10-7-11-17-38;1-5-36(40-15-11-8-12-16-40)30-35(4)39-17-23-47(24-18-39)33-44(50)53-55-45(51)21-27-52-54-28-22-42(48)31-43(49)32-46-25-19-41(20-26-46)37(6-2)29-34(3)38-13-9-7-10-14-38;;;;;;;;;;;;;/h7-8,10-13,16-19,22-29,34-37,42-45,48-51,54-55H,5-6,9,14-15,20-21,30-33H2,1-4H3;7-20,23-26,34-37,42-45,48-51,54-55H,5-6,21-22,27-33H2,1-4H3;13*1H4/q2*+2;;;;;;;;;;;;;. The van der Waals surface area contributed by atoms with Crippen LogP contribution in [-0.4, -0.2) is 102 Å². The molecule has 0 amide bonds. The molecule has 8 rings (SSSR count). The van der Waals surface area contributed by atoms with Crippen molar-refractivity contribution >= 4 is 35.2 Å². The molecule has 8 aromatic rings. The molecule has 0 radical (unpaired) electrons. The molecule has 123 heavy (non-hydrogen) atoms. The zero-order valence-corrected chi connectivity index (χ0v) is 70.6. The highest BCUT2D eigenvalue weighted by molar-refractivity contribution is 7.33. The van der Waals surface area contributed by atoms with Crippen LogP contribution in [0.25, 0.3) is 0 Å². The Hall–Kier alpha value is -5.28. The number of unbranched alkanes of at least 4 members (excludes halogenated alkanes) is 2. The van der Waals surface area contributed by atoms with Gasteiger partial charge in [-0.05, 0) is 175 Å². The molecule has 20 unspecified atom stereocenters. The highest BCUT2D eigenvalue weighted by atomic mass is 31.1. The van der Waals surface area contributed by atoms with Crippen molar-refractivity contribution in [3.05, 3.63) is 264 Å². The molecule has 4 heterocycles. The van der Waals surface area contributed by atoms with Crippen LogP contribution in [0, 0.1) is 0 Å².